The molecule has 0 aliphatic carbocycles. The lowest BCUT2D eigenvalue weighted by Crippen LogP contribution is -2.18. The van der Waals surface area contributed by atoms with Gasteiger partial charge in [-0.3, -0.25) is 0 Å². The summed E-state index contributed by atoms with van der Waals surface area (Å²) < 4.78 is 10.4. The van der Waals surface area contributed by atoms with E-state index in [9.17, 15) is 0 Å². The standard InChI is InChI=1S/C11H16ClNO2.ClH/c1-7(13)4-8-5-11(15-3)9(12)6-10(8)14-2;/h5-7H,4,13H2,1-3H3;1H/t7-;/m0./s1. The van der Waals surface area contributed by atoms with Crippen LogP contribution in [0.15, 0.2) is 12.1 Å². The highest BCUT2D eigenvalue weighted by molar-refractivity contribution is 6.32. The summed E-state index contributed by atoms with van der Waals surface area (Å²) in [5, 5.41) is 0.544. The average molecular weight is 266 g/mol. The maximum Gasteiger partial charge on any atom is 0.137 e. The first-order chi connectivity index (χ1) is 7.08. The van der Waals surface area contributed by atoms with Crippen LogP contribution in [0.3, 0.4) is 0 Å². The highest BCUT2D eigenvalue weighted by Crippen LogP contribution is 2.32. The molecular weight excluding hydrogens is 249 g/mol. The summed E-state index contributed by atoms with van der Waals surface area (Å²) in [5.41, 5.74) is 6.76. The van der Waals surface area contributed by atoms with Gasteiger partial charge in [0.05, 0.1) is 19.2 Å². The van der Waals surface area contributed by atoms with E-state index in [4.69, 9.17) is 26.8 Å². The normalized spacial score (nSPS) is 11.6. The largest absolute Gasteiger partial charge is 0.496 e. The first-order valence-electron chi connectivity index (χ1n) is 4.74. The molecule has 0 aromatic heterocycles. The topological polar surface area (TPSA) is 44.5 Å². The lowest BCUT2D eigenvalue weighted by atomic mass is 10.1. The van der Waals surface area contributed by atoms with Crippen LogP contribution >= 0.6 is 24.0 Å². The summed E-state index contributed by atoms with van der Waals surface area (Å²) >= 11 is 5.98. The highest BCUT2D eigenvalue weighted by atomic mass is 35.5. The molecule has 0 spiro atoms. The Morgan fingerprint density at radius 1 is 1.25 bits per heavy atom. The number of rotatable bonds is 4. The van der Waals surface area contributed by atoms with Gasteiger partial charge in [-0.15, -0.1) is 12.4 Å². The Labute approximate surface area is 107 Å². The number of benzene rings is 1. The second-order valence-electron chi connectivity index (χ2n) is 3.48. The van der Waals surface area contributed by atoms with Crippen molar-refractivity contribution in [2.75, 3.05) is 14.2 Å². The monoisotopic (exact) mass is 265 g/mol. The maximum atomic E-state index is 5.98. The van der Waals surface area contributed by atoms with Crippen molar-refractivity contribution in [2.45, 2.75) is 19.4 Å². The minimum atomic E-state index is 0. The van der Waals surface area contributed by atoms with E-state index >= 15 is 0 Å². The minimum Gasteiger partial charge on any atom is -0.496 e. The van der Waals surface area contributed by atoms with Gasteiger partial charge in [-0.05, 0) is 25.0 Å². The Kier molecular flexibility index (Phi) is 6.56. The third kappa shape index (κ3) is 3.74. The molecule has 2 N–H and O–H groups in total. The molecule has 0 saturated carbocycles. The first-order valence-corrected chi connectivity index (χ1v) is 5.12. The molecule has 0 aliphatic rings. The van der Waals surface area contributed by atoms with Crippen LogP contribution in [-0.4, -0.2) is 20.3 Å². The van der Waals surface area contributed by atoms with E-state index in [0.29, 0.717) is 10.8 Å². The smallest absolute Gasteiger partial charge is 0.137 e. The highest BCUT2D eigenvalue weighted by Gasteiger charge is 2.10. The molecule has 0 aliphatic heterocycles. The summed E-state index contributed by atoms with van der Waals surface area (Å²) in [6, 6.07) is 3.69. The SMILES string of the molecule is COc1cc(C[C@H](C)N)c(OC)cc1Cl.Cl. The van der Waals surface area contributed by atoms with Gasteiger partial charge in [0, 0.05) is 12.1 Å². The molecule has 1 atom stereocenters. The van der Waals surface area contributed by atoms with Crippen LogP contribution in [0.4, 0.5) is 0 Å². The van der Waals surface area contributed by atoms with Crippen molar-refractivity contribution in [3.8, 4) is 11.5 Å². The van der Waals surface area contributed by atoms with E-state index < -0.39 is 0 Å². The zero-order valence-corrected chi connectivity index (χ0v) is 11.2. The third-order valence-electron chi connectivity index (χ3n) is 2.10. The van der Waals surface area contributed by atoms with Gasteiger partial charge in [-0.2, -0.15) is 0 Å². The van der Waals surface area contributed by atoms with Crippen molar-refractivity contribution in [1.29, 1.82) is 0 Å². The molecule has 1 aromatic carbocycles. The van der Waals surface area contributed by atoms with E-state index in [1.165, 1.54) is 0 Å². The van der Waals surface area contributed by atoms with Crippen molar-refractivity contribution < 1.29 is 9.47 Å². The molecule has 0 radical (unpaired) electrons. The quantitative estimate of drug-likeness (QED) is 0.911. The maximum absolute atomic E-state index is 5.98. The average Bonchev–Trinajstić information content (AvgIpc) is 2.19. The van der Waals surface area contributed by atoms with Crippen molar-refractivity contribution in [3.63, 3.8) is 0 Å². The van der Waals surface area contributed by atoms with Crippen molar-refractivity contribution in [1.82, 2.24) is 0 Å². The summed E-state index contributed by atoms with van der Waals surface area (Å²) in [6.45, 7) is 1.94. The van der Waals surface area contributed by atoms with Gasteiger partial charge in [0.25, 0.3) is 0 Å². The zero-order valence-electron chi connectivity index (χ0n) is 9.62. The Morgan fingerprint density at radius 3 is 2.25 bits per heavy atom. The number of nitrogens with two attached hydrogens (primary N) is 1. The van der Waals surface area contributed by atoms with Crippen molar-refractivity contribution in [3.05, 3.63) is 22.7 Å². The summed E-state index contributed by atoms with van der Waals surface area (Å²) in [5.74, 6) is 1.39. The lowest BCUT2D eigenvalue weighted by molar-refractivity contribution is 0.398. The number of ether oxygens (including phenoxy) is 2. The lowest BCUT2D eigenvalue weighted by Gasteiger charge is -2.13. The predicted molar refractivity (Wildman–Crippen MR) is 69.2 cm³/mol. The molecular formula is C11H17Cl2NO2. The van der Waals surface area contributed by atoms with E-state index in [1.54, 1.807) is 20.3 Å². The summed E-state index contributed by atoms with van der Waals surface area (Å²) in [6.07, 6.45) is 0.733. The second kappa shape index (κ2) is 6.84. The molecule has 3 nitrogen and oxygen atoms in total. The Bertz CT molecular complexity index is 343. The molecule has 0 saturated heterocycles. The van der Waals surface area contributed by atoms with Crippen molar-refractivity contribution in [2.24, 2.45) is 5.73 Å². The van der Waals surface area contributed by atoms with Gasteiger partial charge in [-0.1, -0.05) is 11.6 Å². The van der Waals surface area contributed by atoms with E-state index in [1.807, 2.05) is 13.0 Å². The Hall–Kier alpha value is -0.640. The minimum absolute atomic E-state index is 0. The van der Waals surface area contributed by atoms with E-state index in [0.717, 1.165) is 17.7 Å². The van der Waals surface area contributed by atoms with Crippen LogP contribution in [0, 0.1) is 0 Å². The fourth-order valence-corrected chi connectivity index (χ4v) is 1.66. The molecule has 0 fully saturated rings. The van der Waals surface area contributed by atoms with Crippen LogP contribution in [0.1, 0.15) is 12.5 Å². The molecule has 0 unspecified atom stereocenters. The molecule has 1 rings (SSSR count). The molecule has 0 bridgehead atoms. The summed E-state index contributed by atoms with van der Waals surface area (Å²) in [4.78, 5) is 0. The molecule has 5 heteroatoms. The fourth-order valence-electron chi connectivity index (χ4n) is 1.43. The first kappa shape index (κ1) is 15.4. The van der Waals surface area contributed by atoms with Crippen LogP contribution < -0.4 is 15.2 Å². The van der Waals surface area contributed by atoms with Gasteiger partial charge in [0.1, 0.15) is 11.5 Å². The molecule has 0 heterocycles. The number of hydrogen-bond acceptors (Lipinski definition) is 3. The van der Waals surface area contributed by atoms with Gasteiger partial charge >= 0.3 is 0 Å². The summed E-state index contributed by atoms with van der Waals surface area (Å²) in [7, 11) is 3.20. The van der Waals surface area contributed by atoms with Crippen LogP contribution in [0.2, 0.25) is 5.02 Å². The van der Waals surface area contributed by atoms with Crippen LogP contribution in [0.5, 0.6) is 11.5 Å². The predicted octanol–water partition coefficient (Wildman–Crippen LogP) is 2.67. The molecule has 0 amide bonds. The number of methoxy groups -OCH3 is 2. The molecule has 92 valence electrons. The van der Waals surface area contributed by atoms with E-state index in [-0.39, 0.29) is 18.4 Å². The number of halogens is 2. The van der Waals surface area contributed by atoms with Crippen LogP contribution in [0.25, 0.3) is 0 Å². The second-order valence-corrected chi connectivity index (χ2v) is 3.89. The van der Waals surface area contributed by atoms with Gasteiger partial charge in [0.15, 0.2) is 0 Å². The zero-order chi connectivity index (χ0) is 11.4. The van der Waals surface area contributed by atoms with Gasteiger partial charge in [0.2, 0.25) is 0 Å². The molecule has 1 aromatic rings. The Morgan fingerprint density at radius 2 is 1.81 bits per heavy atom. The van der Waals surface area contributed by atoms with Crippen molar-refractivity contribution >= 4 is 24.0 Å². The van der Waals surface area contributed by atoms with Gasteiger partial charge < -0.3 is 15.2 Å². The Balaban J connectivity index is 0.00000225. The third-order valence-corrected chi connectivity index (χ3v) is 2.39. The van der Waals surface area contributed by atoms with Crippen LogP contribution in [-0.2, 0) is 6.42 Å². The fraction of sp³-hybridized carbons (Fsp3) is 0.455. The molecule has 16 heavy (non-hydrogen) atoms. The van der Waals surface area contributed by atoms with Gasteiger partial charge in [-0.25, -0.2) is 0 Å². The van der Waals surface area contributed by atoms with E-state index in [2.05, 4.69) is 0 Å². The number of hydrogen-bond donors (Lipinski definition) is 1.